The van der Waals surface area contributed by atoms with Gasteiger partial charge in [0.25, 0.3) is 0 Å². The second-order valence-electron chi connectivity index (χ2n) is 6.16. The van der Waals surface area contributed by atoms with Crippen molar-refractivity contribution in [3.63, 3.8) is 0 Å². The van der Waals surface area contributed by atoms with Crippen molar-refractivity contribution in [2.45, 2.75) is 38.7 Å². The number of hydrogen-bond donors (Lipinski definition) is 0. The molecule has 1 fully saturated rings. The first-order chi connectivity index (χ1) is 11.1. The minimum Gasteiger partial charge on any atom is -0.390 e. The molecule has 0 N–H and O–H groups in total. The van der Waals surface area contributed by atoms with Crippen molar-refractivity contribution in [3.8, 4) is 0 Å². The zero-order valence-corrected chi connectivity index (χ0v) is 14.6. The van der Waals surface area contributed by atoms with Crippen LogP contribution in [0.1, 0.15) is 38.2 Å². The van der Waals surface area contributed by atoms with Crippen LogP contribution < -0.4 is 0 Å². The van der Waals surface area contributed by atoms with E-state index < -0.39 is 0 Å². The fraction of sp³-hybridized carbons (Fsp3) is 0.529. The maximum absolute atomic E-state index is 12.3. The van der Waals surface area contributed by atoms with Crippen LogP contribution in [0, 0.1) is 5.92 Å². The lowest BCUT2D eigenvalue weighted by Gasteiger charge is -2.24. The zero-order chi connectivity index (χ0) is 16.4. The molecule has 23 heavy (non-hydrogen) atoms. The van der Waals surface area contributed by atoms with Gasteiger partial charge < -0.3 is 9.74 Å². The van der Waals surface area contributed by atoms with E-state index in [-0.39, 0.29) is 17.9 Å². The SMILES string of the molecule is CCCN(C[C@@H]1CC(c2ccc(Cl)c(Cl)c2)=NO1)C(=O)C1CC1. The molecule has 0 radical (unpaired) electrons. The van der Waals surface area contributed by atoms with E-state index in [0.717, 1.165) is 37.1 Å². The third-order valence-electron chi connectivity index (χ3n) is 4.14. The third-order valence-corrected chi connectivity index (χ3v) is 4.88. The van der Waals surface area contributed by atoms with Gasteiger partial charge in [-0.25, -0.2) is 0 Å². The summed E-state index contributed by atoms with van der Waals surface area (Å²) in [5, 5.41) is 5.20. The Kier molecular flexibility index (Phi) is 5.12. The minimum absolute atomic E-state index is 0.0892. The quantitative estimate of drug-likeness (QED) is 0.770. The molecule has 1 aliphatic heterocycles. The Morgan fingerprint density at radius 2 is 2.13 bits per heavy atom. The lowest BCUT2D eigenvalue weighted by atomic mass is 10.0. The average Bonchev–Trinajstić information content (AvgIpc) is 3.28. The van der Waals surface area contributed by atoms with Crippen molar-refractivity contribution < 1.29 is 9.63 Å². The van der Waals surface area contributed by atoms with Crippen molar-refractivity contribution in [2.24, 2.45) is 11.1 Å². The summed E-state index contributed by atoms with van der Waals surface area (Å²) in [4.78, 5) is 19.8. The number of carbonyl (C=O) groups excluding carboxylic acids is 1. The highest BCUT2D eigenvalue weighted by Crippen LogP contribution is 2.32. The largest absolute Gasteiger partial charge is 0.390 e. The molecular formula is C17H20Cl2N2O2. The average molecular weight is 355 g/mol. The Balaban J connectivity index is 1.61. The number of amides is 1. The monoisotopic (exact) mass is 354 g/mol. The van der Waals surface area contributed by atoms with Crippen LogP contribution in [0.2, 0.25) is 10.0 Å². The molecule has 0 spiro atoms. The molecule has 1 heterocycles. The molecule has 1 aromatic carbocycles. The third kappa shape index (κ3) is 3.99. The van der Waals surface area contributed by atoms with E-state index in [2.05, 4.69) is 12.1 Å². The molecule has 1 atom stereocenters. The van der Waals surface area contributed by atoms with Gasteiger partial charge in [-0.2, -0.15) is 0 Å². The molecule has 0 unspecified atom stereocenters. The van der Waals surface area contributed by atoms with Gasteiger partial charge in [0.15, 0.2) is 6.10 Å². The van der Waals surface area contributed by atoms with E-state index in [0.29, 0.717) is 23.0 Å². The van der Waals surface area contributed by atoms with Crippen LogP contribution in [0.4, 0.5) is 0 Å². The Morgan fingerprint density at radius 1 is 1.35 bits per heavy atom. The molecule has 0 bridgehead atoms. The molecular weight excluding hydrogens is 335 g/mol. The predicted molar refractivity (Wildman–Crippen MR) is 92.1 cm³/mol. The summed E-state index contributed by atoms with van der Waals surface area (Å²) in [6, 6.07) is 5.45. The molecule has 1 amide bonds. The topological polar surface area (TPSA) is 41.9 Å². The molecule has 2 aliphatic rings. The smallest absolute Gasteiger partial charge is 0.225 e. The van der Waals surface area contributed by atoms with Crippen LogP contribution in [0.15, 0.2) is 23.4 Å². The van der Waals surface area contributed by atoms with Gasteiger partial charge in [0.05, 0.1) is 22.3 Å². The lowest BCUT2D eigenvalue weighted by molar-refractivity contribution is -0.134. The maximum atomic E-state index is 12.3. The van der Waals surface area contributed by atoms with Crippen molar-refractivity contribution in [3.05, 3.63) is 33.8 Å². The molecule has 3 rings (SSSR count). The first-order valence-corrected chi connectivity index (χ1v) is 8.81. The van der Waals surface area contributed by atoms with Crippen LogP contribution in [-0.2, 0) is 9.63 Å². The van der Waals surface area contributed by atoms with E-state index in [1.807, 2.05) is 11.0 Å². The van der Waals surface area contributed by atoms with Gasteiger partial charge >= 0.3 is 0 Å². The van der Waals surface area contributed by atoms with E-state index in [9.17, 15) is 4.79 Å². The number of oxime groups is 1. The van der Waals surface area contributed by atoms with Crippen LogP contribution >= 0.6 is 23.2 Å². The van der Waals surface area contributed by atoms with Crippen molar-refractivity contribution >= 4 is 34.8 Å². The molecule has 124 valence electrons. The van der Waals surface area contributed by atoms with Gasteiger partial charge in [-0.05, 0) is 31.4 Å². The highest BCUT2D eigenvalue weighted by Gasteiger charge is 2.35. The van der Waals surface area contributed by atoms with Gasteiger partial charge in [-0.3, -0.25) is 4.79 Å². The summed E-state index contributed by atoms with van der Waals surface area (Å²) in [6.07, 6.45) is 3.58. The standard InChI is InChI=1S/C17H20Cl2N2O2/c1-2-7-21(17(22)11-3-4-11)10-13-9-16(20-23-13)12-5-6-14(18)15(19)8-12/h5-6,8,11,13H,2-4,7,9-10H2,1H3/t13-/m0/s1. The first-order valence-electron chi connectivity index (χ1n) is 8.05. The molecule has 4 nitrogen and oxygen atoms in total. The van der Waals surface area contributed by atoms with E-state index in [4.69, 9.17) is 28.0 Å². The van der Waals surface area contributed by atoms with Gasteiger partial charge in [0.2, 0.25) is 5.91 Å². The maximum Gasteiger partial charge on any atom is 0.225 e. The number of rotatable bonds is 6. The normalized spacial score (nSPS) is 20.1. The van der Waals surface area contributed by atoms with Gasteiger partial charge in [-0.1, -0.05) is 41.3 Å². The van der Waals surface area contributed by atoms with Gasteiger partial charge in [0.1, 0.15) is 0 Å². The summed E-state index contributed by atoms with van der Waals surface area (Å²) in [7, 11) is 0. The second-order valence-corrected chi connectivity index (χ2v) is 6.97. The van der Waals surface area contributed by atoms with E-state index in [1.165, 1.54) is 0 Å². The summed E-state index contributed by atoms with van der Waals surface area (Å²) >= 11 is 12.0. The number of benzene rings is 1. The molecule has 1 aromatic rings. The predicted octanol–water partition coefficient (Wildman–Crippen LogP) is 4.14. The molecule has 6 heteroatoms. The number of nitrogens with zero attached hydrogens (tertiary/aromatic N) is 2. The fourth-order valence-corrected chi connectivity index (χ4v) is 3.07. The van der Waals surface area contributed by atoms with Crippen molar-refractivity contribution in [1.82, 2.24) is 4.90 Å². The van der Waals surface area contributed by atoms with Crippen molar-refractivity contribution in [1.29, 1.82) is 0 Å². The Hall–Kier alpha value is -1.26. The van der Waals surface area contributed by atoms with Crippen LogP contribution in [0.25, 0.3) is 0 Å². The second kappa shape index (κ2) is 7.10. The van der Waals surface area contributed by atoms with Gasteiger partial charge in [-0.15, -0.1) is 0 Å². The minimum atomic E-state index is -0.0892. The Bertz CT molecular complexity index is 629. The molecule has 1 aliphatic carbocycles. The zero-order valence-electron chi connectivity index (χ0n) is 13.1. The summed E-state index contributed by atoms with van der Waals surface area (Å²) in [5.74, 6) is 0.497. The van der Waals surface area contributed by atoms with E-state index >= 15 is 0 Å². The summed E-state index contributed by atoms with van der Waals surface area (Å²) in [6.45, 7) is 3.45. The lowest BCUT2D eigenvalue weighted by Crippen LogP contribution is -2.39. The van der Waals surface area contributed by atoms with Crippen molar-refractivity contribution in [2.75, 3.05) is 13.1 Å². The number of hydrogen-bond acceptors (Lipinski definition) is 3. The highest BCUT2D eigenvalue weighted by molar-refractivity contribution is 6.42. The fourth-order valence-electron chi connectivity index (χ4n) is 2.77. The van der Waals surface area contributed by atoms with Crippen LogP contribution in [0.5, 0.6) is 0 Å². The molecule has 0 aromatic heterocycles. The number of carbonyl (C=O) groups is 1. The summed E-state index contributed by atoms with van der Waals surface area (Å²) in [5.41, 5.74) is 1.77. The molecule has 0 saturated heterocycles. The first kappa shape index (κ1) is 16.6. The summed E-state index contributed by atoms with van der Waals surface area (Å²) < 4.78 is 0. The number of halogens is 2. The highest BCUT2D eigenvalue weighted by atomic mass is 35.5. The Morgan fingerprint density at radius 3 is 2.78 bits per heavy atom. The Labute approximate surface area is 146 Å². The van der Waals surface area contributed by atoms with E-state index in [1.54, 1.807) is 12.1 Å². The van der Waals surface area contributed by atoms with Crippen LogP contribution in [-0.4, -0.2) is 35.7 Å². The van der Waals surface area contributed by atoms with Crippen LogP contribution in [0.3, 0.4) is 0 Å². The van der Waals surface area contributed by atoms with Gasteiger partial charge in [0, 0.05) is 24.4 Å². The molecule has 1 saturated carbocycles.